The lowest BCUT2D eigenvalue weighted by Crippen LogP contribution is -2.23. The minimum absolute atomic E-state index is 0.0463. The second kappa shape index (κ2) is 15.0. The molecule has 1 atom stereocenters. The van der Waals surface area contributed by atoms with Crippen molar-refractivity contribution in [1.82, 2.24) is 5.32 Å². The fraction of sp³-hybridized carbons (Fsp3) is 0.333. The molecule has 33 heavy (non-hydrogen) atoms. The number of nitrogens with one attached hydrogen (secondary N) is 1. The van der Waals surface area contributed by atoms with Gasteiger partial charge in [0.05, 0.1) is 19.7 Å². The van der Waals surface area contributed by atoms with Crippen LogP contribution in [0, 0.1) is 0 Å². The standard InChI is InChI=1S/C24H30N2O7/c1-17(2)12-13-18-8-5-10-20(27)23(18)24(30)33-19(16-22(29)31-3)9-6-14-25-21(28)11-7-15-26-32-4/h5-8,10-12,14-15,19,27H,9,13,16H2,1-4H3,(H,25,28)/b11-7+,14-6+,26-15+/t19-/m0/s1. The number of carbonyl (C=O) groups is 3. The molecule has 0 aliphatic heterocycles. The van der Waals surface area contributed by atoms with Gasteiger partial charge in [0.15, 0.2) is 0 Å². The van der Waals surface area contributed by atoms with Crippen LogP contribution in [0.25, 0.3) is 0 Å². The first kappa shape index (κ1) is 27.2. The molecule has 0 saturated heterocycles. The van der Waals surface area contributed by atoms with E-state index in [2.05, 4.69) is 20.0 Å². The van der Waals surface area contributed by atoms with Gasteiger partial charge in [0.2, 0.25) is 5.91 Å². The summed E-state index contributed by atoms with van der Waals surface area (Å²) in [4.78, 5) is 40.8. The molecule has 0 bridgehead atoms. The molecule has 9 heteroatoms. The van der Waals surface area contributed by atoms with Gasteiger partial charge in [0.25, 0.3) is 0 Å². The van der Waals surface area contributed by atoms with Crippen molar-refractivity contribution in [2.45, 2.75) is 39.2 Å². The summed E-state index contributed by atoms with van der Waals surface area (Å²) in [6.07, 6.45) is 8.31. The van der Waals surface area contributed by atoms with Crippen molar-refractivity contribution in [2.75, 3.05) is 14.2 Å². The van der Waals surface area contributed by atoms with E-state index in [1.54, 1.807) is 18.2 Å². The Morgan fingerprint density at radius 1 is 1.21 bits per heavy atom. The zero-order valence-electron chi connectivity index (χ0n) is 19.2. The molecule has 2 N–H and O–H groups in total. The second-order valence-electron chi connectivity index (χ2n) is 7.05. The summed E-state index contributed by atoms with van der Waals surface area (Å²) in [5.41, 5.74) is 1.71. The van der Waals surface area contributed by atoms with E-state index in [1.165, 1.54) is 44.9 Å². The number of amides is 1. The van der Waals surface area contributed by atoms with Gasteiger partial charge in [-0.05, 0) is 38.0 Å². The topological polar surface area (TPSA) is 124 Å². The van der Waals surface area contributed by atoms with E-state index in [1.807, 2.05) is 19.9 Å². The van der Waals surface area contributed by atoms with Crippen LogP contribution in [0.15, 0.2) is 59.4 Å². The minimum Gasteiger partial charge on any atom is -0.507 e. The molecule has 0 aliphatic rings. The number of aromatic hydroxyl groups is 1. The van der Waals surface area contributed by atoms with Crippen molar-refractivity contribution < 1.29 is 33.8 Å². The average Bonchev–Trinajstić information content (AvgIpc) is 2.77. The van der Waals surface area contributed by atoms with E-state index < -0.39 is 23.9 Å². The molecule has 0 unspecified atom stereocenters. The van der Waals surface area contributed by atoms with Crippen molar-refractivity contribution in [3.8, 4) is 5.75 Å². The number of ether oxygens (including phenoxy) is 2. The van der Waals surface area contributed by atoms with Crippen LogP contribution in [0.2, 0.25) is 0 Å². The van der Waals surface area contributed by atoms with Crippen molar-refractivity contribution in [3.63, 3.8) is 0 Å². The number of phenolic OH excluding ortho intramolecular Hbond substituents is 1. The van der Waals surface area contributed by atoms with Crippen LogP contribution in [0.3, 0.4) is 0 Å². The van der Waals surface area contributed by atoms with Crippen LogP contribution >= 0.6 is 0 Å². The van der Waals surface area contributed by atoms with Crippen LogP contribution in [0.4, 0.5) is 0 Å². The highest BCUT2D eigenvalue weighted by Crippen LogP contribution is 2.24. The lowest BCUT2D eigenvalue weighted by atomic mass is 10.0. The fourth-order valence-electron chi connectivity index (χ4n) is 2.59. The molecule has 1 aromatic rings. The van der Waals surface area contributed by atoms with Crippen molar-refractivity contribution in [2.24, 2.45) is 5.16 Å². The molecule has 0 heterocycles. The summed E-state index contributed by atoms with van der Waals surface area (Å²) in [6, 6.07) is 4.77. The molecule has 0 fully saturated rings. The van der Waals surface area contributed by atoms with E-state index in [-0.39, 0.29) is 24.2 Å². The maximum Gasteiger partial charge on any atom is 0.342 e. The zero-order valence-corrected chi connectivity index (χ0v) is 19.2. The predicted molar refractivity (Wildman–Crippen MR) is 124 cm³/mol. The summed E-state index contributed by atoms with van der Waals surface area (Å²) in [5.74, 6) is -1.93. The maximum absolute atomic E-state index is 12.8. The average molecular weight is 459 g/mol. The summed E-state index contributed by atoms with van der Waals surface area (Å²) < 4.78 is 10.2. The maximum atomic E-state index is 12.8. The molecule has 178 valence electrons. The molecule has 1 rings (SSSR count). The van der Waals surface area contributed by atoms with Crippen LogP contribution in [-0.4, -0.2) is 49.5 Å². The van der Waals surface area contributed by atoms with E-state index in [0.717, 1.165) is 5.57 Å². The SMILES string of the molecule is CO/N=C/C=C/C(=O)N/C=C/C[C@@H](CC(=O)OC)OC(=O)c1c(O)cccc1CC=C(C)C. The van der Waals surface area contributed by atoms with Gasteiger partial charge in [-0.2, -0.15) is 0 Å². The van der Waals surface area contributed by atoms with E-state index in [9.17, 15) is 19.5 Å². The number of benzene rings is 1. The van der Waals surface area contributed by atoms with E-state index in [4.69, 9.17) is 4.74 Å². The van der Waals surface area contributed by atoms with Gasteiger partial charge in [-0.15, -0.1) is 0 Å². The molecule has 0 aliphatic carbocycles. The van der Waals surface area contributed by atoms with Crippen molar-refractivity contribution in [3.05, 3.63) is 65.4 Å². The number of hydrogen-bond acceptors (Lipinski definition) is 8. The number of rotatable bonds is 12. The highest BCUT2D eigenvalue weighted by atomic mass is 16.6. The monoisotopic (exact) mass is 458 g/mol. The fourth-order valence-corrected chi connectivity index (χ4v) is 2.59. The summed E-state index contributed by atoms with van der Waals surface area (Å²) in [5, 5.41) is 16.2. The minimum atomic E-state index is -0.863. The first-order valence-corrected chi connectivity index (χ1v) is 10.2. The van der Waals surface area contributed by atoms with Gasteiger partial charge in [-0.1, -0.05) is 35.0 Å². The summed E-state index contributed by atoms with van der Waals surface area (Å²) >= 11 is 0. The Balaban J connectivity index is 2.89. The Morgan fingerprint density at radius 2 is 1.97 bits per heavy atom. The summed E-state index contributed by atoms with van der Waals surface area (Å²) in [6.45, 7) is 3.86. The van der Waals surface area contributed by atoms with Gasteiger partial charge in [-0.3, -0.25) is 9.59 Å². The van der Waals surface area contributed by atoms with Crippen LogP contribution < -0.4 is 5.32 Å². The van der Waals surface area contributed by atoms with Gasteiger partial charge >= 0.3 is 11.9 Å². The number of methoxy groups -OCH3 is 1. The Labute approximate surface area is 193 Å². The normalized spacial score (nSPS) is 12.0. The van der Waals surface area contributed by atoms with Gasteiger partial charge in [-0.25, -0.2) is 4.79 Å². The van der Waals surface area contributed by atoms with Crippen molar-refractivity contribution in [1.29, 1.82) is 0 Å². The lowest BCUT2D eigenvalue weighted by Gasteiger charge is -2.17. The molecule has 1 aromatic carbocycles. The number of carbonyl (C=O) groups excluding carboxylic acids is 3. The third-order valence-corrected chi connectivity index (χ3v) is 4.20. The summed E-state index contributed by atoms with van der Waals surface area (Å²) in [7, 11) is 2.62. The molecule has 0 radical (unpaired) electrons. The number of phenols is 1. The smallest absolute Gasteiger partial charge is 0.342 e. The second-order valence-corrected chi connectivity index (χ2v) is 7.05. The van der Waals surface area contributed by atoms with Gasteiger partial charge in [0, 0.05) is 18.7 Å². The van der Waals surface area contributed by atoms with Crippen LogP contribution in [0.1, 0.15) is 42.6 Å². The third kappa shape index (κ3) is 10.8. The lowest BCUT2D eigenvalue weighted by molar-refractivity contribution is -0.142. The van der Waals surface area contributed by atoms with Gasteiger partial charge in [0.1, 0.15) is 24.5 Å². The molecule has 0 spiro atoms. The highest BCUT2D eigenvalue weighted by molar-refractivity contribution is 5.94. The molecule has 1 amide bonds. The van der Waals surface area contributed by atoms with Crippen LogP contribution in [-0.2, 0) is 30.3 Å². The molecule has 0 aromatic heterocycles. The Bertz CT molecular complexity index is 929. The first-order chi connectivity index (χ1) is 15.8. The Hall–Kier alpha value is -3.88. The molecule has 0 saturated carbocycles. The van der Waals surface area contributed by atoms with E-state index >= 15 is 0 Å². The van der Waals surface area contributed by atoms with Crippen LogP contribution in [0.5, 0.6) is 5.75 Å². The zero-order chi connectivity index (χ0) is 24.6. The Morgan fingerprint density at radius 3 is 2.64 bits per heavy atom. The number of nitrogens with zero attached hydrogens (tertiary/aromatic N) is 1. The number of oxime groups is 1. The number of hydrogen-bond donors (Lipinski definition) is 2. The Kier molecular flexibility index (Phi) is 12.4. The molecule has 9 nitrogen and oxygen atoms in total. The van der Waals surface area contributed by atoms with E-state index in [0.29, 0.717) is 12.0 Å². The first-order valence-electron chi connectivity index (χ1n) is 10.2. The molecular weight excluding hydrogens is 428 g/mol. The highest BCUT2D eigenvalue weighted by Gasteiger charge is 2.23. The number of esters is 2. The predicted octanol–water partition coefficient (Wildman–Crippen LogP) is 3.20. The van der Waals surface area contributed by atoms with Gasteiger partial charge < -0.3 is 24.7 Å². The largest absolute Gasteiger partial charge is 0.507 e. The number of allylic oxidation sites excluding steroid dienone is 3. The third-order valence-electron chi connectivity index (χ3n) is 4.20. The van der Waals surface area contributed by atoms with Crippen molar-refractivity contribution >= 4 is 24.1 Å². The molecular formula is C24H30N2O7. The quantitative estimate of drug-likeness (QED) is 0.162.